The van der Waals surface area contributed by atoms with Crippen molar-refractivity contribution < 1.29 is 14.3 Å². The fraction of sp³-hybridized carbons (Fsp3) is 0.125. The number of nitrogens with zero attached hydrogens (tertiary/aromatic N) is 4. The Morgan fingerprint density at radius 2 is 2.08 bits per heavy atom. The van der Waals surface area contributed by atoms with Gasteiger partial charge in [0, 0.05) is 24.5 Å². The average molecular weight is 394 g/mol. The van der Waals surface area contributed by atoms with E-state index in [0.717, 1.165) is 11.1 Å². The third kappa shape index (κ3) is 3.16. The zero-order valence-electron chi connectivity index (χ0n) is 13.5. The van der Waals surface area contributed by atoms with Crippen molar-refractivity contribution in [2.45, 2.75) is 6.04 Å². The first-order valence-corrected chi connectivity index (χ1v) is 8.10. The molecule has 1 aliphatic heterocycles. The normalized spacial score (nSPS) is 16.4. The Hall–Kier alpha value is -2.84. The molecule has 8 nitrogen and oxygen atoms in total. The number of carbonyl (C=O) groups excluding carboxylic acids is 2. The van der Waals surface area contributed by atoms with Crippen LogP contribution < -0.4 is 15.1 Å². The number of benzene rings is 1. The zero-order valence-corrected chi connectivity index (χ0v) is 15.0. The standard InChI is InChI=1S/C16H13Cl2N5O3/c1-3-12(24)20-15-14(22-6-4-5-19-22)16(25)23(21-15)13-10(17)7-9(26-2)8-11(13)18/h3-8,14H,1H2,2H3,(H,20,21,24). The van der Waals surface area contributed by atoms with Crippen molar-refractivity contribution in [3.8, 4) is 5.75 Å². The molecule has 26 heavy (non-hydrogen) atoms. The molecule has 10 heteroatoms. The summed E-state index contributed by atoms with van der Waals surface area (Å²) in [6, 6.07) is 3.70. The van der Waals surface area contributed by atoms with Crippen molar-refractivity contribution in [2.75, 3.05) is 12.1 Å². The van der Waals surface area contributed by atoms with Crippen molar-refractivity contribution in [1.82, 2.24) is 15.1 Å². The lowest BCUT2D eigenvalue weighted by molar-refractivity contribution is -0.119. The highest BCUT2D eigenvalue weighted by molar-refractivity contribution is 6.40. The van der Waals surface area contributed by atoms with Gasteiger partial charge in [0.25, 0.3) is 5.91 Å². The van der Waals surface area contributed by atoms with E-state index >= 15 is 0 Å². The number of amides is 2. The highest BCUT2D eigenvalue weighted by atomic mass is 35.5. The van der Waals surface area contributed by atoms with Crippen LogP contribution in [0.1, 0.15) is 6.04 Å². The fourth-order valence-electron chi connectivity index (χ4n) is 2.41. The highest BCUT2D eigenvalue weighted by Gasteiger charge is 2.41. The van der Waals surface area contributed by atoms with E-state index in [0.29, 0.717) is 5.75 Å². The molecule has 3 rings (SSSR count). The highest BCUT2D eigenvalue weighted by Crippen LogP contribution is 2.40. The largest absolute Gasteiger partial charge is 0.497 e. The molecule has 0 spiro atoms. The number of hydrogen-bond acceptors (Lipinski definition) is 5. The smallest absolute Gasteiger partial charge is 0.280 e. The van der Waals surface area contributed by atoms with Crippen LogP contribution in [0, 0.1) is 0 Å². The Bertz CT molecular complexity index is 888. The van der Waals surface area contributed by atoms with Crippen LogP contribution in [0.25, 0.3) is 0 Å². The summed E-state index contributed by atoms with van der Waals surface area (Å²) in [5.41, 5.74) is 0.180. The van der Waals surface area contributed by atoms with Gasteiger partial charge < -0.3 is 10.1 Å². The Labute approximate surface area is 158 Å². The first-order valence-electron chi connectivity index (χ1n) is 7.34. The number of hydrazone groups is 1. The van der Waals surface area contributed by atoms with Crippen molar-refractivity contribution in [3.05, 3.63) is 53.3 Å². The number of anilines is 1. The molecular formula is C16H13Cl2N5O3. The second kappa shape index (κ2) is 7.19. The number of rotatable bonds is 4. The summed E-state index contributed by atoms with van der Waals surface area (Å²) >= 11 is 12.5. The van der Waals surface area contributed by atoms with Gasteiger partial charge in [-0.15, -0.1) is 5.10 Å². The van der Waals surface area contributed by atoms with Gasteiger partial charge in [-0.3, -0.25) is 14.3 Å². The topological polar surface area (TPSA) is 88.8 Å². The summed E-state index contributed by atoms with van der Waals surface area (Å²) < 4.78 is 6.47. The quantitative estimate of drug-likeness (QED) is 0.807. The summed E-state index contributed by atoms with van der Waals surface area (Å²) in [6.45, 7) is 3.39. The minimum atomic E-state index is -0.969. The molecule has 1 N–H and O–H groups in total. The molecule has 2 amide bonds. The molecule has 0 aliphatic carbocycles. The molecule has 0 saturated heterocycles. The van der Waals surface area contributed by atoms with Gasteiger partial charge in [-0.25, -0.2) is 0 Å². The molecule has 0 saturated carbocycles. The molecule has 0 bridgehead atoms. The predicted molar refractivity (Wildman–Crippen MR) is 97.5 cm³/mol. The zero-order chi connectivity index (χ0) is 18.8. The third-order valence-electron chi connectivity index (χ3n) is 3.57. The van der Waals surface area contributed by atoms with E-state index in [1.165, 1.54) is 30.1 Å². The Morgan fingerprint density at radius 1 is 1.38 bits per heavy atom. The van der Waals surface area contributed by atoms with Crippen molar-refractivity contribution in [3.63, 3.8) is 0 Å². The second-order valence-electron chi connectivity index (χ2n) is 5.16. The van der Waals surface area contributed by atoms with Crippen LogP contribution in [0.2, 0.25) is 10.0 Å². The number of halogens is 2. The van der Waals surface area contributed by atoms with Gasteiger partial charge in [-0.1, -0.05) is 29.8 Å². The molecule has 2 heterocycles. The van der Waals surface area contributed by atoms with Crippen LogP contribution in [0.3, 0.4) is 0 Å². The maximum Gasteiger partial charge on any atom is 0.280 e. The lowest BCUT2D eigenvalue weighted by Gasteiger charge is -2.17. The van der Waals surface area contributed by atoms with E-state index in [9.17, 15) is 9.59 Å². The van der Waals surface area contributed by atoms with Crippen LogP contribution in [0.4, 0.5) is 5.69 Å². The molecule has 0 fully saturated rings. The first kappa shape index (κ1) is 18.0. The lowest BCUT2D eigenvalue weighted by Crippen LogP contribution is -2.37. The maximum absolute atomic E-state index is 13.0. The number of nitrogens with one attached hydrogen (secondary N) is 1. The summed E-state index contributed by atoms with van der Waals surface area (Å²) in [5, 5.41) is 12.1. The Balaban J connectivity index is 2.07. The summed E-state index contributed by atoms with van der Waals surface area (Å²) in [7, 11) is 1.47. The molecule has 1 atom stereocenters. The van der Waals surface area contributed by atoms with E-state index in [4.69, 9.17) is 27.9 Å². The minimum Gasteiger partial charge on any atom is -0.497 e. The molecule has 0 radical (unpaired) electrons. The molecule has 1 aromatic heterocycles. The molecule has 2 aromatic rings. The van der Waals surface area contributed by atoms with Gasteiger partial charge >= 0.3 is 0 Å². The van der Waals surface area contributed by atoms with Gasteiger partial charge in [0.05, 0.1) is 17.2 Å². The van der Waals surface area contributed by atoms with Crippen molar-refractivity contribution in [1.29, 1.82) is 0 Å². The van der Waals surface area contributed by atoms with Crippen LogP contribution >= 0.6 is 23.2 Å². The Morgan fingerprint density at radius 3 is 2.62 bits per heavy atom. The number of carbonyl (C=O) groups is 2. The monoisotopic (exact) mass is 393 g/mol. The van der Waals surface area contributed by atoms with Crippen LogP contribution in [-0.2, 0) is 9.59 Å². The summed E-state index contributed by atoms with van der Waals surface area (Å²) in [4.78, 5) is 24.7. The van der Waals surface area contributed by atoms with E-state index in [1.54, 1.807) is 12.3 Å². The maximum atomic E-state index is 13.0. The van der Waals surface area contributed by atoms with Crippen LogP contribution in [0.15, 0.2) is 48.3 Å². The summed E-state index contributed by atoms with van der Waals surface area (Å²) in [6.07, 6.45) is 4.16. The predicted octanol–water partition coefficient (Wildman–Crippen LogP) is 2.40. The van der Waals surface area contributed by atoms with Crippen LogP contribution in [-0.4, -0.2) is 34.5 Å². The van der Waals surface area contributed by atoms with E-state index in [-0.39, 0.29) is 21.6 Å². The second-order valence-corrected chi connectivity index (χ2v) is 5.97. The fourth-order valence-corrected chi connectivity index (χ4v) is 3.04. The van der Waals surface area contributed by atoms with Gasteiger partial charge in [0.1, 0.15) is 11.4 Å². The van der Waals surface area contributed by atoms with E-state index < -0.39 is 17.9 Å². The number of amidine groups is 1. The van der Waals surface area contributed by atoms with E-state index in [1.807, 2.05) is 0 Å². The number of hydrogen-bond donors (Lipinski definition) is 1. The SMILES string of the molecule is C=CC(=O)NC1=NN(c2c(Cl)cc(OC)cc2Cl)C(=O)C1n1cccn1. The number of aromatic nitrogens is 2. The molecule has 134 valence electrons. The lowest BCUT2D eigenvalue weighted by atomic mass is 10.2. The molecule has 1 unspecified atom stereocenters. The minimum absolute atomic E-state index is 0.0755. The number of ether oxygens (including phenoxy) is 1. The van der Waals surface area contributed by atoms with Gasteiger partial charge in [-0.05, 0) is 12.1 Å². The van der Waals surface area contributed by atoms with Gasteiger partial charge in [0.2, 0.25) is 5.91 Å². The average Bonchev–Trinajstić information content (AvgIpc) is 3.22. The first-order chi connectivity index (χ1) is 12.5. The van der Waals surface area contributed by atoms with Gasteiger partial charge in [-0.2, -0.15) is 10.1 Å². The van der Waals surface area contributed by atoms with Crippen molar-refractivity contribution in [2.24, 2.45) is 5.10 Å². The summed E-state index contributed by atoms with van der Waals surface area (Å²) in [5.74, 6) is -0.487. The molecular weight excluding hydrogens is 381 g/mol. The van der Waals surface area contributed by atoms with Crippen LogP contribution in [0.5, 0.6) is 5.75 Å². The Kier molecular flexibility index (Phi) is 4.97. The third-order valence-corrected chi connectivity index (χ3v) is 4.15. The molecule has 1 aliphatic rings. The van der Waals surface area contributed by atoms with Crippen molar-refractivity contribution >= 4 is 46.5 Å². The molecule has 1 aromatic carbocycles. The van der Waals surface area contributed by atoms with E-state index in [2.05, 4.69) is 22.1 Å². The number of methoxy groups -OCH3 is 1. The van der Waals surface area contributed by atoms with Gasteiger partial charge in [0.15, 0.2) is 11.9 Å².